The Hall–Kier alpha value is -2.95. The minimum atomic E-state index is -3.75. The molecule has 3 atom stereocenters. The Labute approximate surface area is 218 Å². The van der Waals surface area contributed by atoms with Gasteiger partial charge in [0.15, 0.2) is 0 Å². The maximum Gasteiger partial charge on any atom is 0.242 e. The van der Waals surface area contributed by atoms with E-state index in [2.05, 4.69) is 5.32 Å². The summed E-state index contributed by atoms with van der Waals surface area (Å²) in [6, 6.07) is 13.0. The normalized spacial score (nSPS) is 21.3. The minimum absolute atomic E-state index is 0.0321. The molecule has 1 heterocycles. The highest BCUT2D eigenvalue weighted by atomic mass is 32.2. The lowest BCUT2D eigenvalue weighted by Crippen LogP contribution is -2.48. The molecule has 200 valence electrons. The average molecular weight is 530 g/mol. The number of anilines is 1. The van der Waals surface area contributed by atoms with E-state index in [1.807, 2.05) is 6.92 Å². The quantitative estimate of drug-likeness (QED) is 0.543. The molecule has 2 aromatic carbocycles. The number of rotatable bonds is 8. The van der Waals surface area contributed by atoms with E-state index >= 15 is 0 Å². The summed E-state index contributed by atoms with van der Waals surface area (Å²) in [4.78, 5) is 27.4. The largest absolute Gasteiger partial charge is 0.488 e. The van der Waals surface area contributed by atoms with Crippen LogP contribution in [0.25, 0.3) is 0 Å². The Morgan fingerprint density at radius 3 is 2.57 bits per heavy atom. The summed E-state index contributed by atoms with van der Waals surface area (Å²) in [7, 11) is -2.24. The van der Waals surface area contributed by atoms with Gasteiger partial charge < -0.3 is 20.1 Å². The first-order valence-electron chi connectivity index (χ1n) is 12.6. The van der Waals surface area contributed by atoms with Crippen LogP contribution in [0, 0.1) is 11.8 Å². The van der Waals surface area contributed by atoms with Crippen molar-refractivity contribution in [2.75, 3.05) is 32.1 Å². The lowest BCUT2D eigenvalue weighted by Gasteiger charge is -2.33. The zero-order chi connectivity index (χ0) is 26.7. The summed E-state index contributed by atoms with van der Waals surface area (Å²) in [5.74, 6) is 0.0568. The summed E-state index contributed by atoms with van der Waals surface area (Å²) >= 11 is 0. The van der Waals surface area contributed by atoms with E-state index in [-0.39, 0.29) is 48.1 Å². The van der Waals surface area contributed by atoms with E-state index in [9.17, 15) is 23.1 Å². The second-order valence-electron chi connectivity index (χ2n) is 10.1. The van der Waals surface area contributed by atoms with Gasteiger partial charge in [0.1, 0.15) is 11.9 Å². The van der Waals surface area contributed by atoms with Crippen molar-refractivity contribution in [3.63, 3.8) is 0 Å². The SMILES string of the molecule is C[C@H]1CN([C@@H](C)CO)C(=O)Cc2cc(NC(=O)C3CC3)ccc2O[C@@H]1CN(C)S(=O)(=O)c1ccccc1. The van der Waals surface area contributed by atoms with Gasteiger partial charge in [-0.15, -0.1) is 0 Å². The molecule has 2 aliphatic rings. The first-order valence-corrected chi connectivity index (χ1v) is 14.1. The number of hydrogen-bond donors (Lipinski definition) is 2. The third-order valence-electron chi connectivity index (χ3n) is 7.02. The molecular formula is C27H35N3O6S. The molecule has 4 rings (SSSR count). The Morgan fingerprint density at radius 1 is 1.22 bits per heavy atom. The Bertz CT molecular complexity index is 1230. The predicted molar refractivity (Wildman–Crippen MR) is 140 cm³/mol. The summed E-state index contributed by atoms with van der Waals surface area (Å²) in [5.41, 5.74) is 1.18. The van der Waals surface area contributed by atoms with Gasteiger partial charge in [0, 0.05) is 36.7 Å². The number of carbonyl (C=O) groups is 2. The maximum atomic E-state index is 13.3. The highest BCUT2D eigenvalue weighted by molar-refractivity contribution is 7.89. The molecule has 0 spiro atoms. The lowest BCUT2D eigenvalue weighted by atomic mass is 10.0. The molecule has 1 aliphatic carbocycles. The number of nitrogens with one attached hydrogen (secondary N) is 1. The van der Waals surface area contributed by atoms with E-state index in [1.165, 1.54) is 11.4 Å². The molecule has 2 amide bonds. The first-order chi connectivity index (χ1) is 17.6. The average Bonchev–Trinajstić information content (AvgIpc) is 3.73. The number of fused-ring (bicyclic) bond motifs is 1. The van der Waals surface area contributed by atoms with Gasteiger partial charge in [-0.1, -0.05) is 25.1 Å². The predicted octanol–water partition coefficient (Wildman–Crippen LogP) is 2.50. The maximum absolute atomic E-state index is 13.3. The summed E-state index contributed by atoms with van der Waals surface area (Å²) in [6.07, 6.45) is 1.22. The van der Waals surface area contributed by atoms with E-state index < -0.39 is 22.2 Å². The number of aliphatic hydroxyl groups is 1. The lowest BCUT2D eigenvalue weighted by molar-refractivity contribution is -0.134. The second kappa shape index (κ2) is 11.2. The molecule has 0 saturated heterocycles. The molecule has 1 aliphatic heterocycles. The van der Waals surface area contributed by atoms with E-state index in [4.69, 9.17) is 4.74 Å². The van der Waals surface area contributed by atoms with Crippen LogP contribution in [0.5, 0.6) is 5.75 Å². The summed E-state index contributed by atoms with van der Waals surface area (Å²) in [5, 5.41) is 12.7. The number of likely N-dealkylation sites (N-methyl/N-ethyl adjacent to an activating group) is 1. The molecule has 10 heteroatoms. The fourth-order valence-electron chi connectivity index (χ4n) is 4.44. The molecule has 0 radical (unpaired) electrons. The van der Waals surface area contributed by atoms with Gasteiger partial charge in [0.05, 0.1) is 30.5 Å². The highest BCUT2D eigenvalue weighted by Gasteiger charge is 2.34. The van der Waals surface area contributed by atoms with Crippen LogP contribution in [0.1, 0.15) is 32.3 Å². The number of sulfonamides is 1. The van der Waals surface area contributed by atoms with Crippen molar-refractivity contribution in [3.05, 3.63) is 54.1 Å². The van der Waals surface area contributed by atoms with Crippen LogP contribution in [0.3, 0.4) is 0 Å². The molecule has 1 saturated carbocycles. The Balaban J connectivity index is 1.65. The van der Waals surface area contributed by atoms with Crippen molar-refractivity contribution in [2.45, 2.75) is 50.2 Å². The number of nitrogens with zero attached hydrogens (tertiary/aromatic N) is 2. The highest BCUT2D eigenvalue weighted by Crippen LogP contribution is 2.32. The van der Waals surface area contributed by atoms with Gasteiger partial charge in [-0.3, -0.25) is 9.59 Å². The monoisotopic (exact) mass is 529 g/mol. The van der Waals surface area contributed by atoms with Crippen LogP contribution in [0.2, 0.25) is 0 Å². The standard InChI is InChI=1S/C27H35N3O6S/c1-18-15-30(19(2)17-31)26(32)14-21-13-22(28-27(33)20-9-10-20)11-12-24(21)36-25(18)16-29(3)37(34,35)23-7-5-4-6-8-23/h4-8,11-13,18-20,25,31H,9-10,14-17H2,1-3H3,(H,28,33)/t18-,19-,25+/m0/s1. The molecule has 0 unspecified atom stereocenters. The zero-order valence-corrected chi connectivity index (χ0v) is 22.3. The van der Waals surface area contributed by atoms with Crippen molar-refractivity contribution in [1.29, 1.82) is 0 Å². The van der Waals surface area contributed by atoms with Crippen LogP contribution in [-0.2, 0) is 26.0 Å². The molecule has 1 fully saturated rings. The molecule has 0 aromatic heterocycles. The van der Waals surface area contributed by atoms with Crippen molar-refractivity contribution < 1.29 is 27.9 Å². The fourth-order valence-corrected chi connectivity index (χ4v) is 5.64. The third kappa shape index (κ3) is 6.31. The van der Waals surface area contributed by atoms with Crippen molar-refractivity contribution in [2.24, 2.45) is 11.8 Å². The van der Waals surface area contributed by atoms with Crippen LogP contribution in [0.4, 0.5) is 5.69 Å². The molecular weight excluding hydrogens is 494 g/mol. The summed E-state index contributed by atoms with van der Waals surface area (Å²) in [6.45, 7) is 3.85. The minimum Gasteiger partial charge on any atom is -0.488 e. The van der Waals surface area contributed by atoms with Crippen LogP contribution in [-0.4, -0.2) is 73.4 Å². The number of hydrogen-bond acceptors (Lipinski definition) is 6. The van der Waals surface area contributed by atoms with E-state index in [0.717, 1.165) is 12.8 Å². The number of aliphatic hydroxyl groups excluding tert-OH is 1. The zero-order valence-electron chi connectivity index (χ0n) is 21.5. The summed E-state index contributed by atoms with van der Waals surface area (Å²) < 4.78 is 34.1. The van der Waals surface area contributed by atoms with Gasteiger partial charge in [0.25, 0.3) is 0 Å². The number of ether oxygens (including phenoxy) is 1. The van der Waals surface area contributed by atoms with Crippen molar-refractivity contribution >= 4 is 27.5 Å². The second-order valence-corrected chi connectivity index (χ2v) is 12.1. The number of carbonyl (C=O) groups excluding carboxylic acids is 2. The Morgan fingerprint density at radius 2 is 1.92 bits per heavy atom. The molecule has 37 heavy (non-hydrogen) atoms. The van der Waals surface area contributed by atoms with Gasteiger partial charge in [-0.25, -0.2) is 8.42 Å². The van der Waals surface area contributed by atoms with Crippen molar-refractivity contribution in [3.8, 4) is 5.75 Å². The number of amides is 2. The topological polar surface area (TPSA) is 116 Å². The van der Waals surface area contributed by atoms with Gasteiger partial charge in [-0.2, -0.15) is 4.31 Å². The third-order valence-corrected chi connectivity index (χ3v) is 8.86. The number of benzene rings is 2. The smallest absolute Gasteiger partial charge is 0.242 e. The molecule has 0 bridgehead atoms. The van der Waals surface area contributed by atoms with Crippen LogP contribution in [0.15, 0.2) is 53.4 Å². The Kier molecular flexibility index (Phi) is 8.20. The van der Waals surface area contributed by atoms with Gasteiger partial charge >= 0.3 is 0 Å². The van der Waals surface area contributed by atoms with E-state index in [0.29, 0.717) is 23.5 Å². The van der Waals surface area contributed by atoms with Gasteiger partial charge in [0.2, 0.25) is 21.8 Å². The van der Waals surface area contributed by atoms with Crippen molar-refractivity contribution in [1.82, 2.24) is 9.21 Å². The molecule has 2 aromatic rings. The van der Waals surface area contributed by atoms with Crippen LogP contribution < -0.4 is 10.1 Å². The van der Waals surface area contributed by atoms with E-state index in [1.54, 1.807) is 60.4 Å². The van der Waals surface area contributed by atoms with Crippen LogP contribution >= 0.6 is 0 Å². The van der Waals surface area contributed by atoms with Gasteiger partial charge in [-0.05, 0) is 50.1 Å². The molecule has 2 N–H and O–H groups in total. The molecule has 9 nitrogen and oxygen atoms in total. The first kappa shape index (κ1) is 27.1. The fraction of sp³-hybridized carbons (Fsp3) is 0.481.